The first-order valence-corrected chi connectivity index (χ1v) is 8.02. The second kappa shape index (κ2) is 8.85. The highest BCUT2D eigenvalue weighted by molar-refractivity contribution is 5.87. The van der Waals surface area contributed by atoms with E-state index in [1.807, 2.05) is 0 Å². The lowest BCUT2D eigenvalue weighted by Crippen LogP contribution is -2.23. The molecule has 6 nitrogen and oxygen atoms in total. The molecule has 0 aromatic carbocycles. The van der Waals surface area contributed by atoms with E-state index in [0.717, 1.165) is 13.1 Å². The van der Waals surface area contributed by atoms with Crippen molar-refractivity contribution < 1.29 is 9.53 Å². The van der Waals surface area contributed by atoms with E-state index in [1.165, 1.54) is 0 Å². The van der Waals surface area contributed by atoms with Crippen molar-refractivity contribution in [3.8, 4) is 17.7 Å². The van der Waals surface area contributed by atoms with Gasteiger partial charge in [-0.05, 0) is 38.2 Å². The summed E-state index contributed by atoms with van der Waals surface area (Å²) in [4.78, 5) is 18.7. The Hall–Kier alpha value is -2.65. The number of pyridine rings is 1. The van der Waals surface area contributed by atoms with Crippen molar-refractivity contribution >= 4 is 5.97 Å². The molecule has 2 rings (SSSR count). The number of nitrogens with zero attached hydrogens (tertiary/aromatic N) is 4. The molecule has 2 heterocycles. The fraction of sp³-hybridized carbons (Fsp3) is 0.389. The van der Waals surface area contributed by atoms with Gasteiger partial charge in [-0.15, -0.1) is 0 Å². The lowest BCUT2D eigenvalue weighted by molar-refractivity contribution is 0.0431. The number of carbonyl (C=O) groups excluding carboxylic acids is 1. The van der Waals surface area contributed by atoms with Gasteiger partial charge in [-0.1, -0.05) is 31.8 Å². The number of hydrogen-bond acceptors (Lipinski definition) is 5. The van der Waals surface area contributed by atoms with Gasteiger partial charge in [-0.25, -0.2) is 14.5 Å². The van der Waals surface area contributed by atoms with Gasteiger partial charge in [0.1, 0.15) is 0 Å². The molecule has 0 fully saturated rings. The maximum absolute atomic E-state index is 12.2. The minimum atomic E-state index is -0.492. The molecule has 0 aliphatic carbocycles. The van der Waals surface area contributed by atoms with Crippen LogP contribution in [-0.2, 0) is 4.74 Å². The predicted molar refractivity (Wildman–Crippen MR) is 91.8 cm³/mol. The molecule has 0 bridgehead atoms. The summed E-state index contributed by atoms with van der Waals surface area (Å²) in [6, 6.07) is 6.93. The van der Waals surface area contributed by atoms with Gasteiger partial charge in [0, 0.05) is 12.4 Å². The zero-order chi connectivity index (χ0) is 17.4. The molecule has 126 valence electrons. The highest BCUT2D eigenvalue weighted by Crippen LogP contribution is 2.06. The van der Waals surface area contributed by atoms with Crippen molar-refractivity contribution in [2.45, 2.75) is 26.9 Å². The SMILES string of the molecule is CCN(CC)CC#CC(C)OC(=O)c1cccc(-n2cccn2)n1. The quantitative estimate of drug-likeness (QED) is 0.601. The van der Waals surface area contributed by atoms with Crippen LogP contribution in [0.1, 0.15) is 31.3 Å². The van der Waals surface area contributed by atoms with E-state index in [0.29, 0.717) is 12.4 Å². The summed E-state index contributed by atoms with van der Waals surface area (Å²) in [5.74, 6) is 6.06. The maximum Gasteiger partial charge on any atom is 0.358 e. The second-order valence-electron chi connectivity index (χ2n) is 5.16. The van der Waals surface area contributed by atoms with Crippen LogP contribution in [0, 0.1) is 11.8 Å². The number of hydrogen-bond donors (Lipinski definition) is 0. The summed E-state index contributed by atoms with van der Waals surface area (Å²) < 4.78 is 6.92. The van der Waals surface area contributed by atoms with Crippen LogP contribution in [0.15, 0.2) is 36.7 Å². The standard InChI is InChI=1S/C18H22N4O2/c1-4-21(5-2)13-7-9-15(3)24-18(23)16-10-6-11-17(20-16)22-14-8-12-19-22/h6,8,10-12,14-15H,4-5,13H2,1-3H3. The number of ether oxygens (including phenoxy) is 1. The summed E-state index contributed by atoms with van der Waals surface area (Å²) >= 11 is 0. The van der Waals surface area contributed by atoms with E-state index in [4.69, 9.17) is 4.74 Å². The van der Waals surface area contributed by atoms with Gasteiger partial charge in [-0.2, -0.15) is 5.10 Å². The van der Waals surface area contributed by atoms with Crippen LogP contribution in [0.2, 0.25) is 0 Å². The van der Waals surface area contributed by atoms with E-state index in [9.17, 15) is 4.79 Å². The number of carbonyl (C=O) groups is 1. The van der Waals surface area contributed by atoms with Gasteiger partial charge in [0.15, 0.2) is 17.6 Å². The third kappa shape index (κ3) is 4.93. The number of rotatable bonds is 6. The Morgan fingerprint density at radius 2 is 2.12 bits per heavy atom. The number of aromatic nitrogens is 3. The number of esters is 1. The van der Waals surface area contributed by atoms with Crippen molar-refractivity contribution in [2.24, 2.45) is 0 Å². The molecule has 24 heavy (non-hydrogen) atoms. The van der Waals surface area contributed by atoms with Crippen LogP contribution in [0.3, 0.4) is 0 Å². The normalized spacial score (nSPS) is 11.7. The molecule has 0 saturated carbocycles. The Balaban J connectivity index is 1.97. The monoisotopic (exact) mass is 326 g/mol. The van der Waals surface area contributed by atoms with Crippen molar-refractivity contribution in [1.29, 1.82) is 0 Å². The van der Waals surface area contributed by atoms with Gasteiger partial charge >= 0.3 is 5.97 Å². The van der Waals surface area contributed by atoms with Crippen LogP contribution in [-0.4, -0.2) is 51.4 Å². The van der Waals surface area contributed by atoms with Gasteiger partial charge < -0.3 is 4.74 Å². The molecule has 0 N–H and O–H groups in total. The second-order valence-corrected chi connectivity index (χ2v) is 5.16. The van der Waals surface area contributed by atoms with E-state index in [2.05, 4.69) is 40.7 Å². The van der Waals surface area contributed by atoms with Gasteiger partial charge in [0.25, 0.3) is 0 Å². The van der Waals surface area contributed by atoms with Crippen molar-refractivity contribution in [2.75, 3.05) is 19.6 Å². The third-order valence-electron chi connectivity index (χ3n) is 3.47. The largest absolute Gasteiger partial charge is 0.445 e. The summed E-state index contributed by atoms with van der Waals surface area (Å²) in [7, 11) is 0. The van der Waals surface area contributed by atoms with E-state index >= 15 is 0 Å². The van der Waals surface area contributed by atoms with Gasteiger partial charge in [0.05, 0.1) is 6.54 Å². The Morgan fingerprint density at radius 3 is 2.79 bits per heavy atom. The van der Waals surface area contributed by atoms with Crippen molar-refractivity contribution in [3.63, 3.8) is 0 Å². The summed E-state index contributed by atoms with van der Waals surface area (Å²) in [6.07, 6.45) is 2.93. The molecule has 0 saturated heterocycles. The van der Waals surface area contributed by atoms with Crippen LogP contribution in [0.5, 0.6) is 0 Å². The Morgan fingerprint density at radius 1 is 1.33 bits per heavy atom. The van der Waals surface area contributed by atoms with E-state index in [1.54, 1.807) is 48.3 Å². The molecular formula is C18H22N4O2. The van der Waals surface area contributed by atoms with Gasteiger partial charge in [0.2, 0.25) is 0 Å². The fourth-order valence-corrected chi connectivity index (χ4v) is 2.07. The highest BCUT2D eigenvalue weighted by Gasteiger charge is 2.13. The van der Waals surface area contributed by atoms with Crippen LogP contribution < -0.4 is 0 Å². The summed E-state index contributed by atoms with van der Waals surface area (Å²) in [5, 5.41) is 4.10. The summed E-state index contributed by atoms with van der Waals surface area (Å²) in [6.45, 7) is 8.50. The molecule has 1 unspecified atom stereocenters. The van der Waals surface area contributed by atoms with E-state index < -0.39 is 12.1 Å². The first-order valence-electron chi connectivity index (χ1n) is 8.02. The molecule has 2 aromatic heterocycles. The molecule has 0 radical (unpaired) electrons. The predicted octanol–water partition coefficient (Wildman–Crippen LogP) is 2.16. The lowest BCUT2D eigenvalue weighted by atomic mass is 10.3. The highest BCUT2D eigenvalue weighted by atomic mass is 16.5. The third-order valence-corrected chi connectivity index (χ3v) is 3.47. The molecule has 0 amide bonds. The molecule has 1 atom stereocenters. The molecule has 0 aliphatic rings. The lowest BCUT2D eigenvalue weighted by Gasteiger charge is -2.13. The van der Waals surface area contributed by atoms with Crippen LogP contribution >= 0.6 is 0 Å². The van der Waals surface area contributed by atoms with Crippen LogP contribution in [0.4, 0.5) is 0 Å². The molecule has 0 spiro atoms. The average molecular weight is 326 g/mol. The first kappa shape index (κ1) is 17.7. The van der Waals surface area contributed by atoms with Gasteiger partial charge in [-0.3, -0.25) is 4.90 Å². The molecular weight excluding hydrogens is 304 g/mol. The molecule has 6 heteroatoms. The molecule has 2 aromatic rings. The van der Waals surface area contributed by atoms with E-state index in [-0.39, 0.29) is 5.69 Å². The van der Waals surface area contributed by atoms with Crippen molar-refractivity contribution in [3.05, 3.63) is 42.4 Å². The van der Waals surface area contributed by atoms with Crippen molar-refractivity contribution in [1.82, 2.24) is 19.7 Å². The first-order chi connectivity index (χ1) is 11.6. The van der Waals surface area contributed by atoms with Crippen LogP contribution in [0.25, 0.3) is 5.82 Å². The zero-order valence-electron chi connectivity index (χ0n) is 14.3. The Labute approximate surface area is 142 Å². The Kier molecular flexibility index (Phi) is 6.52. The molecule has 0 aliphatic heterocycles. The smallest absolute Gasteiger partial charge is 0.358 e. The topological polar surface area (TPSA) is 60.2 Å². The minimum Gasteiger partial charge on any atom is -0.445 e. The minimum absolute atomic E-state index is 0.236. The summed E-state index contributed by atoms with van der Waals surface area (Å²) in [5.41, 5.74) is 0.236. The fourth-order valence-electron chi connectivity index (χ4n) is 2.07. The Bertz CT molecular complexity index is 712. The zero-order valence-corrected chi connectivity index (χ0v) is 14.3. The average Bonchev–Trinajstić information content (AvgIpc) is 3.13. The maximum atomic E-state index is 12.2.